The van der Waals surface area contributed by atoms with Crippen molar-refractivity contribution in [2.24, 2.45) is 0 Å². The van der Waals surface area contributed by atoms with Crippen LogP contribution in [0.25, 0.3) is 0 Å². The van der Waals surface area contributed by atoms with Gasteiger partial charge < -0.3 is 10.1 Å². The minimum absolute atomic E-state index is 0.185. The molecule has 0 aliphatic carbocycles. The molecule has 0 radical (unpaired) electrons. The van der Waals surface area contributed by atoms with Crippen molar-refractivity contribution in [2.75, 3.05) is 5.32 Å². The number of carbonyl (C=O) groups excluding carboxylic acids is 1. The Kier molecular flexibility index (Phi) is 4.16. The first kappa shape index (κ1) is 14.3. The minimum atomic E-state index is -0.185. The fourth-order valence-electron chi connectivity index (χ4n) is 1.92. The lowest BCUT2D eigenvalue weighted by molar-refractivity contribution is 0.103. The number of amides is 1. The summed E-state index contributed by atoms with van der Waals surface area (Å²) in [4.78, 5) is 16.9. The number of benzene rings is 2. The summed E-state index contributed by atoms with van der Waals surface area (Å²) in [6, 6.07) is 16.8. The molecule has 1 amide bonds. The van der Waals surface area contributed by atoms with E-state index in [1.807, 2.05) is 61.5 Å². The van der Waals surface area contributed by atoms with Crippen LogP contribution in [0, 0.1) is 6.92 Å². The molecule has 1 aromatic heterocycles. The first-order valence-electron chi connectivity index (χ1n) is 6.78. The first-order valence-corrected chi connectivity index (χ1v) is 7.60. The normalized spacial score (nSPS) is 10.2. The second kappa shape index (κ2) is 6.41. The van der Waals surface area contributed by atoms with E-state index in [1.54, 1.807) is 6.20 Å². The standard InChI is InChI=1S/C17H14N2O2S/c1-12-18-11-16(22-12)17(20)19-14-9-5-6-10-15(14)21-13-7-3-2-4-8-13/h2-11H,1H3,(H,19,20). The second-order valence-electron chi connectivity index (χ2n) is 4.61. The number of nitrogens with one attached hydrogen (secondary N) is 1. The van der Waals surface area contributed by atoms with E-state index in [1.165, 1.54) is 11.3 Å². The Balaban J connectivity index is 1.81. The average Bonchev–Trinajstić information content (AvgIpc) is 2.97. The van der Waals surface area contributed by atoms with E-state index in [4.69, 9.17) is 4.74 Å². The molecule has 3 aromatic rings. The molecular formula is C17H14N2O2S. The largest absolute Gasteiger partial charge is 0.455 e. The highest BCUT2D eigenvalue weighted by atomic mass is 32.1. The molecule has 2 aromatic carbocycles. The van der Waals surface area contributed by atoms with Crippen molar-refractivity contribution in [3.8, 4) is 11.5 Å². The van der Waals surface area contributed by atoms with Gasteiger partial charge in [-0.05, 0) is 31.2 Å². The van der Waals surface area contributed by atoms with E-state index in [2.05, 4.69) is 10.3 Å². The molecule has 0 saturated carbocycles. The Labute approximate surface area is 132 Å². The number of hydrogen-bond acceptors (Lipinski definition) is 4. The number of carbonyl (C=O) groups is 1. The van der Waals surface area contributed by atoms with Crippen LogP contribution in [0.2, 0.25) is 0 Å². The average molecular weight is 310 g/mol. The summed E-state index contributed by atoms with van der Waals surface area (Å²) < 4.78 is 5.82. The van der Waals surface area contributed by atoms with Crippen LogP contribution >= 0.6 is 11.3 Å². The lowest BCUT2D eigenvalue weighted by Gasteiger charge is -2.11. The van der Waals surface area contributed by atoms with E-state index in [0.29, 0.717) is 16.3 Å². The van der Waals surface area contributed by atoms with E-state index in [0.717, 1.165) is 10.8 Å². The summed E-state index contributed by atoms with van der Waals surface area (Å²) in [5, 5.41) is 3.73. The number of hydrogen-bond donors (Lipinski definition) is 1. The van der Waals surface area contributed by atoms with Gasteiger partial charge in [-0.15, -0.1) is 11.3 Å². The molecule has 0 aliphatic heterocycles. The van der Waals surface area contributed by atoms with Crippen LogP contribution in [0.5, 0.6) is 11.5 Å². The van der Waals surface area contributed by atoms with Gasteiger partial charge >= 0.3 is 0 Å². The number of aryl methyl sites for hydroxylation is 1. The number of anilines is 1. The number of aromatic nitrogens is 1. The molecule has 5 heteroatoms. The zero-order chi connectivity index (χ0) is 15.4. The smallest absolute Gasteiger partial charge is 0.267 e. The van der Waals surface area contributed by atoms with Gasteiger partial charge in [-0.2, -0.15) is 0 Å². The molecule has 0 fully saturated rings. The van der Waals surface area contributed by atoms with Crippen LogP contribution in [-0.2, 0) is 0 Å². The van der Waals surface area contributed by atoms with Crippen molar-refractivity contribution in [3.05, 3.63) is 70.7 Å². The summed E-state index contributed by atoms with van der Waals surface area (Å²) in [6.45, 7) is 1.87. The third-order valence-corrected chi connectivity index (χ3v) is 3.86. The third kappa shape index (κ3) is 3.32. The van der Waals surface area contributed by atoms with Gasteiger partial charge in [0.05, 0.1) is 16.9 Å². The van der Waals surface area contributed by atoms with Crippen LogP contribution in [0.4, 0.5) is 5.69 Å². The van der Waals surface area contributed by atoms with Crippen molar-refractivity contribution in [1.82, 2.24) is 4.98 Å². The van der Waals surface area contributed by atoms with Gasteiger partial charge in [0, 0.05) is 0 Å². The highest BCUT2D eigenvalue weighted by molar-refractivity contribution is 7.13. The molecule has 1 N–H and O–H groups in total. The van der Waals surface area contributed by atoms with E-state index in [9.17, 15) is 4.79 Å². The molecule has 110 valence electrons. The quantitative estimate of drug-likeness (QED) is 0.772. The Hall–Kier alpha value is -2.66. The van der Waals surface area contributed by atoms with E-state index in [-0.39, 0.29) is 5.91 Å². The topological polar surface area (TPSA) is 51.2 Å². The van der Waals surface area contributed by atoms with Crippen molar-refractivity contribution >= 4 is 22.9 Å². The molecule has 0 aliphatic rings. The molecule has 3 rings (SSSR count). The summed E-state index contributed by atoms with van der Waals surface area (Å²) in [7, 11) is 0. The predicted octanol–water partition coefficient (Wildman–Crippen LogP) is 4.50. The van der Waals surface area contributed by atoms with Gasteiger partial charge in [0.1, 0.15) is 10.6 Å². The van der Waals surface area contributed by atoms with Crippen molar-refractivity contribution in [1.29, 1.82) is 0 Å². The number of para-hydroxylation sites is 3. The number of thiazole rings is 1. The van der Waals surface area contributed by atoms with Gasteiger partial charge in [-0.25, -0.2) is 4.98 Å². The monoisotopic (exact) mass is 310 g/mol. The summed E-state index contributed by atoms with van der Waals surface area (Å²) >= 11 is 1.36. The van der Waals surface area contributed by atoms with Crippen LogP contribution in [0.1, 0.15) is 14.7 Å². The highest BCUT2D eigenvalue weighted by Crippen LogP contribution is 2.29. The zero-order valence-electron chi connectivity index (χ0n) is 11.9. The fraction of sp³-hybridized carbons (Fsp3) is 0.0588. The summed E-state index contributed by atoms with van der Waals surface area (Å²) in [6.07, 6.45) is 1.58. The summed E-state index contributed by atoms with van der Waals surface area (Å²) in [5.41, 5.74) is 0.627. The Morgan fingerprint density at radius 1 is 1.09 bits per heavy atom. The number of nitrogens with zero attached hydrogens (tertiary/aromatic N) is 1. The van der Waals surface area contributed by atoms with Crippen molar-refractivity contribution in [3.63, 3.8) is 0 Å². The highest BCUT2D eigenvalue weighted by Gasteiger charge is 2.12. The molecule has 0 atom stereocenters. The molecule has 0 bridgehead atoms. The molecule has 1 heterocycles. The lowest BCUT2D eigenvalue weighted by atomic mass is 10.2. The van der Waals surface area contributed by atoms with Gasteiger partial charge in [0.25, 0.3) is 5.91 Å². The molecule has 0 saturated heterocycles. The third-order valence-electron chi connectivity index (χ3n) is 2.95. The van der Waals surface area contributed by atoms with Gasteiger partial charge in [0.2, 0.25) is 0 Å². The van der Waals surface area contributed by atoms with Crippen molar-refractivity contribution in [2.45, 2.75) is 6.92 Å². The minimum Gasteiger partial charge on any atom is -0.455 e. The fourth-order valence-corrected chi connectivity index (χ4v) is 2.60. The van der Waals surface area contributed by atoms with Gasteiger partial charge in [-0.1, -0.05) is 30.3 Å². The summed E-state index contributed by atoms with van der Waals surface area (Å²) in [5.74, 6) is 1.14. The molecule has 0 unspecified atom stereocenters. The molecule has 4 nitrogen and oxygen atoms in total. The first-order chi connectivity index (χ1) is 10.7. The van der Waals surface area contributed by atoms with Crippen LogP contribution in [0.15, 0.2) is 60.8 Å². The maximum Gasteiger partial charge on any atom is 0.267 e. The van der Waals surface area contributed by atoms with Crippen molar-refractivity contribution < 1.29 is 9.53 Å². The molecule has 22 heavy (non-hydrogen) atoms. The molecule has 0 spiro atoms. The van der Waals surface area contributed by atoms with E-state index < -0.39 is 0 Å². The number of rotatable bonds is 4. The Morgan fingerprint density at radius 3 is 2.55 bits per heavy atom. The zero-order valence-corrected chi connectivity index (χ0v) is 12.8. The molecular weight excluding hydrogens is 296 g/mol. The predicted molar refractivity (Wildman–Crippen MR) is 87.8 cm³/mol. The Morgan fingerprint density at radius 2 is 1.82 bits per heavy atom. The maximum absolute atomic E-state index is 12.2. The lowest BCUT2D eigenvalue weighted by Crippen LogP contribution is -2.10. The van der Waals surface area contributed by atoms with Crippen LogP contribution in [0.3, 0.4) is 0 Å². The van der Waals surface area contributed by atoms with Gasteiger partial charge in [0.15, 0.2) is 5.75 Å². The number of ether oxygens (including phenoxy) is 1. The SMILES string of the molecule is Cc1ncc(C(=O)Nc2ccccc2Oc2ccccc2)s1. The maximum atomic E-state index is 12.2. The van der Waals surface area contributed by atoms with Gasteiger partial charge in [-0.3, -0.25) is 4.79 Å². The van der Waals surface area contributed by atoms with Crippen LogP contribution in [-0.4, -0.2) is 10.9 Å². The van der Waals surface area contributed by atoms with Crippen LogP contribution < -0.4 is 10.1 Å². The Bertz CT molecular complexity index is 784. The second-order valence-corrected chi connectivity index (χ2v) is 5.84. The van der Waals surface area contributed by atoms with E-state index >= 15 is 0 Å².